The number of para-hydroxylation sites is 2. The molecule has 8 heteroatoms. The highest BCUT2D eigenvalue weighted by Gasteiger charge is 2.24. The van der Waals surface area contributed by atoms with Crippen LogP contribution >= 0.6 is 35.3 Å². The van der Waals surface area contributed by atoms with Crippen LogP contribution in [0, 0.1) is 0 Å². The van der Waals surface area contributed by atoms with Crippen molar-refractivity contribution in [2.75, 3.05) is 33.2 Å². The van der Waals surface area contributed by atoms with Crippen molar-refractivity contribution in [2.45, 2.75) is 31.8 Å². The summed E-state index contributed by atoms with van der Waals surface area (Å²) in [7, 11) is 1.84. The molecule has 0 spiro atoms. The first-order chi connectivity index (χ1) is 14.3. The summed E-state index contributed by atoms with van der Waals surface area (Å²) in [6.07, 6.45) is 5.55. The first kappa shape index (κ1) is 23.0. The highest BCUT2D eigenvalue weighted by molar-refractivity contribution is 14.0. The predicted molar refractivity (Wildman–Crippen MR) is 137 cm³/mol. The maximum absolute atomic E-state index is 4.46. The van der Waals surface area contributed by atoms with Crippen molar-refractivity contribution in [1.82, 2.24) is 25.1 Å². The number of aliphatic imine (C=N–C) groups is 1. The zero-order valence-electron chi connectivity index (χ0n) is 17.5. The Morgan fingerprint density at radius 1 is 1.17 bits per heavy atom. The number of nitrogens with zero attached hydrogens (tertiary/aromatic N) is 4. The Bertz CT molecular complexity index is 917. The van der Waals surface area contributed by atoms with Gasteiger partial charge in [-0.05, 0) is 55.9 Å². The zero-order valence-corrected chi connectivity index (χ0v) is 20.6. The van der Waals surface area contributed by atoms with Gasteiger partial charge in [0, 0.05) is 31.6 Å². The van der Waals surface area contributed by atoms with Gasteiger partial charge in [0.05, 0.1) is 23.4 Å². The lowest BCUT2D eigenvalue weighted by Gasteiger charge is -2.27. The smallest absolute Gasteiger partial charge is 0.191 e. The van der Waals surface area contributed by atoms with Crippen molar-refractivity contribution < 1.29 is 0 Å². The molecule has 1 fully saturated rings. The molecule has 3 aromatic rings. The van der Waals surface area contributed by atoms with Crippen molar-refractivity contribution in [3.63, 3.8) is 0 Å². The lowest BCUT2D eigenvalue weighted by molar-refractivity contribution is 0.249. The molecule has 0 bridgehead atoms. The number of aryl methyl sites for hydroxylation is 1. The number of thiophene rings is 1. The predicted octanol–water partition coefficient (Wildman–Crippen LogP) is 4.11. The SMILES string of the molecule is CN=C(NCCCn1cnc2ccccc21)NCC(c1cccs1)N1CCCC1.I. The van der Waals surface area contributed by atoms with Gasteiger partial charge < -0.3 is 15.2 Å². The summed E-state index contributed by atoms with van der Waals surface area (Å²) in [4.78, 5) is 12.9. The van der Waals surface area contributed by atoms with E-state index in [1.54, 1.807) is 0 Å². The van der Waals surface area contributed by atoms with E-state index in [4.69, 9.17) is 0 Å². The van der Waals surface area contributed by atoms with Crippen molar-refractivity contribution in [1.29, 1.82) is 0 Å². The molecule has 2 aromatic heterocycles. The zero-order chi connectivity index (χ0) is 19.9. The highest BCUT2D eigenvalue weighted by atomic mass is 127. The van der Waals surface area contributed by atoms with E-state index in [-0.39, 0.29) is 24.0 Å². The lowest BCUT2D eigenvalue weighted by Crippen LogP contribution is -2.42. The number of nitrogens with one attached hydrogen (secondary N) is 2. The van der Waals surface area contributed by atoms with Crippen LogP contribution in [0.5, 0.6) is 0 Å². The second kappa shape index (κ2) is 11.7. The van der Waals surface area contributed by atoms with E-state index < -0.39 is 0 Å². The summed E-state index contributed by atoms with van der Waals surface area (Å²) >= 11 is 1.85. The van der Waals surface area contributed by atoms with E-state index in [1.165, 1.54) is 36.3 Å². The third kappa shape index (κ3) is 5.73. The van der Waals surface area contributed by atoms with Gasteiger partial charge in [-0.3, -0.25) is 9.89 Å². The van der Waals surface area contributed by atoms with E-state index in [0.717, 1.165) is 37.5 Å². The van der Waals surface area contributed by atoms with Gasteiger partial charge in [0.15, 0.2) is 5.96 Å². The average Bonchev–Trinajstić information content (AvgIpc) is 3.52. The van der Waals surface area contributed by atoms with Crippen LogP contribution in [0.25, 0.3) is 11.0 Å². The lowest BCUT2D eigenvalue weighted by atomic mass is 10.2. The van der Waals surface area contributed by atoms with Crippen LogP contribution < -0.4 is 10.6 Å². The van der Waals surface area contributed by atoms with Gasteiger partial charge in [-0.25, -0.2) is 4.98 Å². The van der Waals surface area contributed by atoms with Crippen LogP contribution in [0.3, 0.4) is 0 Å². The molecule has 1 aromatic carbocycles. The Hall–Kier alpha value is -1.65. The first-order valence-corrected chi connectivity index (χ1v) is 11.3. The molecule has 1 unspecified atom stereocenters. The fraction of sp³-hybridized carbons (Fsp3) is 0.455. The van der Waals surface area contributed by atoms with E-state index in [2.05, 4.69) is 65.8 Å². The Morgan fingerprint density at radius 2 is 2.00 bits per heavy atom. The summed E-state index contributed by atoms with van der Waals surface area (Å²) < 4.78 is 2.22. The molecular formula is C22H31IN6S. The van der Waals surface area contributed by atoms with Crippen LogP contribution in [0.4, 0.5) is 0 Å². The first-order valence-electron chi connectivity index (χ1n) is 10.5. The quantitative estimate of drug-likeness (QED) is 0.196. The van der Waals surface area contributed by atoms with E-state index >= 15 is 0 Å². The molecule has 1 aliphatic heterocycles. The number of aromatic nitrogens is 2. The minimum Gasteiger partial charge on any atom is -0.356 e. The molecule has 2 N–H and O–H groups in total. The molecule has 0 amide bonds. The molecule has 0 saturated carbocycles. The molecule has 0 radical (unpaired) electrons. The molecule has 6 nitrogen and oxygen atoms in total. The number of rotatable bonds is 8. The second-order valence-electron chi connectivity index (χ2n) is 7.43. The molecule has 162 valence electrons. The van der Waals surface area contributed by atoms with E-state index in [0.29, 0.717) is 6.04 Å². The fourth-order valence-electron chi connectivity index (χ4n) is 4.00. The number of likely N-dealkylation sites (tertiary alicyclic amines) is 1. The minimum absolute atomic E-state index is 0. The number of fused-ring (bicyclic) bond motifs is 1. The molecule has 1 aliphatic rings. The van der Waals surface area contributed by atoms with Gasteiger partial charge in [-0.1, -0.05) is 18.2 Å². The maximum Gasteiger partial charge on any atom is 0.191 e. The third-order valence-corrected chi connectivity index (χ3v) is 6.51. The summed E-state index contributed by atoms with van der Waals surface area (Å²) in [5.74, 6) is 0.876. The Morgan fingerprint density at radius 3 is 2.77 bits per heavy atom. The second-order valence-corrected chi connectivity index (χ2v) is 8.41. The van der Waals surface area contributed by atoms with Gasteiger partial charge in [-0.2, -0.15) is 0 Å². The largest absolute Gasteiger partial charge is 0.356 e. The normalized spacial score (nSPS) is 15.8. The molecule has 0 aliphatic carbocycles. The van der Waals surface area contributed by atoms with Crippen LogP contribution in [0.1, 0.15) is 30.2 Å². The Balaban J connectivity index is 0.00000256. The van der Waals surface area contributed by atoms with Gasteiger partial charge in [0.25, 0.3) is 0 Å². The van der Waals surface area contributed by atoms with Crippen molar-refractivity contribution in [3.8, 4) is 0 Å². The molecule has 30 heavy (non-hydrogen) atoms. The van der Waals surface area contributed by atoms with E-state index in [9.17, 15) is 0 Å². The Labute approximate surface area is 199 Å². The number of guanidine groups is 1. The van der Waals surface area contributed by atoms with Gasteiger partial charge in [-0.15, -0.1) is 35.3 Å². The highest BCUT2D eigenvalue weighted by Crippen LogP contribution is 2.27. The number of hydrogen-bond donors (Lipinski definition) is 2. The number of hydrogen-bond acceptors (Lipinski definition) is 4. The third-order valence-electron chi connectivity index (χ3n) is 5.54. The Kier molecular flexibility index (Phi) is 8.95. The summed E-state index contributed by atoms with van der Waals surface area (Å²) in [6.45, 7) is 5.08. The van der Waals surface area contributed by atoms with Crippen molar-refractivity contribution >= 4 is 52.3 Å². The molecule has 1 atom stereocenters. The van der Waals surface area contributed by atoms with E-state index in [1.807, 2.05) is 30.8 Å². The van der Waals surface area contributed by atoms with Crippen molar-refractivity contribution in [2.24, 2.45) is 4.99 Å². The van der Waals surface area contributed by atoms with Crippen LogP contribution in [-0.4, -0.2) is 53.6 Å². The average molecular weight is 539 g/mol. The topological polar surface area (TPSA) is 57.5 Å². The summed E-state index contributed by atoms with van der Waals surface area (Å²) in [5.41, 5.74) is 2.25. The van der Waals surface area contributed by atoms with Gasteiger partial charge in [0.1, 0.15) is 0 Å². The summed E-state index contributed by atoms with van der Waals surface area (Å²) in [6, 6.07) is 13.1. The van der Waals surface area contributed by atoms with Crippen LogP contribution in [0.15, 0.2) is 53.1 Å². The fourth-order valence-corrected chi connectivity index (χ4v) is 4.86. The molecule has 4 rings (SSSR count). The van der Waals surface area contributed by atoms with Crippen LogP contribution in [0.2, 0.25) is 0 Å². The van der Waals surface area contributed by atoms with Gasteiger partial charge in [0.2, 0.25) is 0 Å². The summed E-state index contributed by atoms with van der Waals surface area (Å²) in [5, 5.41) is 9.18. The van der Waals surface area contributed by atoms with Crippen LogP contribution in [-0.2, 0) is 6.54 Å². The maximum atomic E-state index is 4.46. The monoisotopic (exact) mass is 538 g/mol. The van der Waals surface area contributed by atoms with Crippen molar-refractivity contribution in [3.05, 3.63) is 53.0 Å². The minimum atomic E-state index is 0. The standard InChI is InChI=1S/C22H30N6S.HI/c1-23-22(24-11-7-14-28-17-26-18-8-2-3-9-19(18)28)25-16-20(21-10-6-15-29-21)27-12-4-5-13-27;/h2-3,6,8-10,15,17,20H,4-5,7,11-14,16H2,1H3,(H2,23,24,25);1H. The number of benzene rings is 1. The van der Waals surface area contributed by atoms with Gasteiger partial charge >= 0.3 is 0 Å². The molecular weight excluding hydrogens is 507 g/mol. The number of halogens is 1. The molecule has 3 heterocycles. The number of imidazole rings is 1. The molecule has 1 saturated heterocycles.